The van der Waals surface area contributed by atoms with Crippen LogP contribution in [-0.4, -0.2) is 115 Å². The van der Waals surface area contributed by atoms with E-state index in [4.69, 9.17) is 19.9 Å². The third-order valence-electron chi connectivity index (χ3n) is 10.8. The second-order valence-electron chi connectivity index (χ2n) is 18.5. The molecule has 0 fully saturated rings. The van der Waals surface area contributed by atoms with E-state index in [-0.39, 0.29) is 25.9 Å². The lowest BCUT2D eigenvalue weighted by atomic mass is 9.85. The number of benzene rings is 3. The van der Waals surface area contributed by atoms with Crippen molar-refractivity contribution in [3.05, 3.63) is 126 Å². The summed E-state index contributed by atoms with van der Waals surface area (Å²) in [5, 5.41) is 9.85. The van der Waals surface area contributed by atoms with E-state index in [1.807, 2.05) is 103 Å². The first-order valence-corrected chi connectivity index (χ1v) is 22.0. The monoisotopic (exact) mass is 922 g/mol. The van der Waals surface area contributed by atoms with Crippen LogP contribution in [0.2, 0.25) is 0 Å². The van der Waals surface area contributed by atoms with Crippen LogP contribution in [0.15, 0.2) is 109 Å². The molecule has 0 radical (unpaired) electrons. The number of pyridine rings is 1. The number of hydrogen-bond acceptors (Lipinski definition) is 12. The zero-order chi connectivity index (χ0) is 49.3. The number of carbonyl (C=O) groups is 6. The molecule has 4 aromatic rings. The second-order valence-corrected chi connectivity index (χ2v) is 18.5. The van der Waals surface area contributed by atoms with Crippen molar-refractivity contribution in [2.45, 2.75) is 91.2 Å². The molecule has 5 atom stereocenters. The molecule has 67 heavy (non-hydrogen) atoms. The van der Waals surface area contributed by atoms with Crippen LogP contribution >= 0.6 is 0 Å². The summed E-state index contributed by atoms with van der Waals surface area (Å²) < 4.78 is 16.0. The van der Waals surface area contributed by atoms with Gasteiger partial charge in [0.15, 0.2) is 0 Å². The van der Waals surface area contributed by atoms with E-state index in [9.17, 15) is 28.8 Å². The number of methoxy groups -OCH3 is 2. The number of nitrogens with one attached hydrogen (secondary N) is 4. The molecule has 3 aromatic carbocycles. The van der Waals surface area contributed by atoms with Crippen LogP contribution < -0.4 is 27.1 Å². The minimum absolute atomic E-state index is 0.0462. The largest absolute Gasteiger partial charge is 0.457 e. The fraction of sp³-hybridized carbons (Fsp3) is 0.420. The van der Waals surface area contributed by atoms with Gasteiger partial charge in [-0.25, -0.2) is 14.6 Å². The van der Waals surface area contributed by atoms with Gasteiger partial charge in [0.2, 0.25) is 11.8 Å². The molecule has 360 valence electrons. The number of nitrogens with zero attached hydrogens (tertiary/aromatic N) is 3. The molecule has 1 aromatic heterocycles. The summed E-state index contributed by atoms with van der Waals surface area (Å²) in [6.07, 6.45) is -0.840. The molecule has 0 aliphatic rings. The zero-order valence-electron chi connectivity index (χ0n) is 39.9. The lowest BCUT2D eigenvalue weighted by Crippen LogP contribution is -2.61. The van der Waals surface area contributed by atoms with Gasteiger partial charge in [0, 0.05) is 25.4 Å². The van der Waals surface area contributed by atoms with E-state index in [2.05, 4.69) is 26.4 Å². The van der Waals surface area contributed by atoms with Crippen LogP contribution in [0.25, 0.3) is 11.3 Å². The van der Waals surface area contributed by atoms with Gasteiger partial charge in [0.05, 0.1) is 38.5 Å². The van der Waals surface area contributed by atoms with Crippen molar-refractivity contribution in [3.63, 3.8) is 0 Å². The van der Waals surface area contributed by atoms with E-state index in [1.54, 1.807) is 47.7 Å². The molecule has 0 saturated carbocycles. The highest BCUT2D eigenvalue weighted by Gasteiger charge is 2.39. The highest BCUT2D eigenvalue weighted by atomic mass is 16.6. The normalized spacial score (nSPS) is 13.7. The Hall–Kier alpha value is -6.85. The quantitative estimate of drug-likeness (QED) is 0.0459. The molecule has 0 saturated heterocycles. The van der Waals surface area contributed by atoms with Crippen molar-refractivity contribution in [2.24, 2.45) is 16.6 Å². The van der Waals surface area contributed by atoms with E-state index in [1.165, 1.54) is 31.2 Å². The van der Waals surface area contributed by atoms with Crippen molar-refractivity contribution >= 4 is 35.9 Å². The summed E-state index contributed by atoms with van der Waals surface area (Å²) in [5.41, 5.74) is 11.6. The van der Waals surface area contributed by atoms with Crippen LogP contribution in [-0.2, 0) is 52.8 Å². The van der Waals surface area contributed by atoms with Gasteiger partial charge in [-0.15, -0.1) is 0 Å². The Bertz CT molecular complexity index is 2230. The summed E-state index contributed by atoms with van der Waals surface area (Å²) in [7, 11) is 3.83. The van der Waals surface area contributed by atoms with Gasteiger partial charge in [0.25, 0.3) is 5.91 Å². The first kappa shape index (κ1) is 52.8. The van der Waals surface area contributed by atoms with E-state index >= 15 is 0 Å². The molecule has 0 unspecified atom stereocenters. The molecule has 1 heterocycles. The maximum absolute atomic E-state index is 14.4. The van der Waals surface area contributed by atoms with E-state index in [0.29, 0.717) is 0 Å². The van der Waals surface area contributed by atoms with Gasteiger partial charge in [-0.1, -0.05) is 133 Å². The SMILES string of the molecule is COC(=O)N[C@H](C(=O)N[C@@H](Cc1ccccc1)[C@H](CN(Cc1ccc(-c2ccccn2)cc1)NC(=O)[C@@H](NC(=O)OC)C(C)(C)C)OC(=O)CN(C)C(=O)[C@@H](N)Cc1ccccc1)C(C)(C)C. The van der Waals surface area contributed by atoms with Crippen molar-refractivity contribution < 1.29 is 43.0 Å². The number of aromatic nitrogens is 1. The third-order valence-corrected chi connectivity index (χ3v) is 10.8. The fourth-order valence-corrected chi connectivity index (χ4v) is 7.20. The highest BCUT2D eigenvalue weighted by Crippen LogP contribution is 2.23. The number of hydrazine groups is 1. The number of likely N-dealkylation sites (N-methyl/N-ethyl adjacent to an activating group) is 1. The Balaban J connectivity index is 1.80. The molecule has 4 rings (SSSR count). The van der Waals surface area contributed by atoms with Gasteiger partial charge >= 0.3 is 18.2 Å². The van der Waals surface area contributed by atoms with Crippen molar-refractivity contribution in [1.82, 2.24) is 36.3 Å². The van der Waals surface area contributed by atoms with E-state index < -0.39 is 83.5 Å². The summed E-state index contributed by atoms with van der Waals surface area (Å²) in [6.45, 7) is 9.97. The summed E-state index contributed by atoms with van der Waals surface area (Å²) >= 11 is 0. The molecule has 17 nitrogen and oxygen atoms in total. The Kier molecular flexibility index (Phi) is 19.4. The number of carbonyl (C=O) groups excluding carboxylic acids is 6. The van der Waals surface area contributed by atoms with Gasteiger partial charge in [-0.05, 0) is 52.5 Å². The number of amides is 5. The number of esters is 1. The second kappa shape index (κ2) is 24.6. The lowest BCUT2D eigenvalue weighted by molar-refractivity contribution is -0.157. The predicted molar refractivity (Wildman–Crippen MR) is 254 cm³/mol. The van der Waals surface area contributed by atoms with Gasteiger partial charge in [-0.3, -0.25) is 29.6 Å². The molecular formula is C50H66N8O9. The Morgan fingerprint density at radius 2 is 1.18 bits per heavy atom. The van der Waals surface area contributed by atoms with E-state index in [0.717, 1.165) is 27.9 Å². The summed E-state index contributed by atoms with van der Waals surface area (Å²) in [4.78, 5) is 87.2. The summed E-state index contributed by atoms with van der Waals surface area (Å²) in [6, 6.07) is 27.4. The average Bonchev–Trinajstić information content (AvgIpc) is 3.29. The lowest BCUT2D eigenvalue weighted by Gasteiger charge is -2.37. The van der Waals surface area contributed by atoms with Crippen molar-refractivity contribution in [1.29, 1.82) is 0 Å². The molecular weight excluding hydrogens is 857 g/mol. The molecule has 6 N–H and O–H groups in total. The molecule has 0 aliphatic heterocycles. The van der Waals surface area contributed by atoms with Crippen LogP contribution in [0.4, 0.5) is 9.59 Å². The van der Waals surface area contributed by atoms with Gasteiger partial charge in [0.1, 0.15) is 24.7 Å². The predicted octanol–water partition coefficient (Wildman–Crippen LogP) is 4.79. The number of hydrogen-bond donors (Lipinski definition) is 5. The smallest absolute Gasteiger partial charge is 0.407 e. The molecule has 5 amide bonds. The van der Waals surface area contributed by atoms with Gasteiger partial charge in [-0.2, -0.15) is 0 Å². The van der Waals surface area contributed by atoms with Crippen LogP contribution in [0.3, 0.4) is 0 Å². The van der Waals surface area contributed by atoms with Crippen LogP contribution in [0, 0.1) is 10.8 Å². The molecule has 0 spiro atoms. The van der Waals surface area contributed by atoms with Crippen LogP contribution in [0.5, 0.6) is 0 Å². The fourth-order valence-electron chi connectivity index (χ4n) is 7.20. The first-order valence-electron chi connectivity index (χ1n) is 22.0. The Morgan fingerprint density at radius 1 is 0.657 bits per heavy atom. The van der Waals surface area contributed by atoms with Crippen molar-refractivity contribution in [3.8, 4) is 11.3 Å². The molecule has 17 heteroatoms. The zero-order valence-corrected chi connectivity index (χ0v) is 39.9. The Labute approximate surface area is 393 Å². The minimum atomic E-state index is -1.24. The number of ether oxygens (including phenoxy) is 3. The first-order chi connectivity index (χ1) is 31.7. The molecule has 0 aliphatic carbocycles. The minimum Gasteiger partial charge on any atom is -0.457 e. The topological polar surface area (TPSA) is 224 Å². The highest BCUT2D eigenvalue weighted by molar-refractivity contribution is 5.88. The van der Waals surface area contributed by atoms with Crippen molar-refractivity contribution in [2.75, 3.05) is 34.4 Å². The summed E-state index contributed by atoms with van der Waals surface area (Å²) in [5.74, 6) is -2.53. The molecule has 0 bridgehead atoms. The maximum atomic E-state index is 14.4. The number of rotatable bonds is 20. The number of nitrogens with two attached hydrogens (primary N) is 1. The van der Waals surface area contributed by atoms with Crippen LogP contribution in [0.1, 0.15) is 58.2 Å². The van der Waals surface area contributed by atoms with Gasteiger partial charge < -0.3 is 40.8 Å². The average molecular weight is 923 g/mol. The third kappa shape index (κ3) is 16.8. The standard InChI is InChI=1S/C50H66N8O9/c1-49(2,3)42(54-47(63)65-8)44(60)53-39(29-34-20-14-11-15-21-34)40(67-41(59)32-57(7)46(62)37(51)28-33-18-12-10-13-19-33)31-58(56-45(61)43(50(4,5)6)55-48(64)66-9)30-35-23-25-36(26-24-35)38-22-16-17-27-52-38/h10-27,37,39-40,42-43H,28-32,51H2,1-9H3,(H,53,60)(H,54,63)(H,55,64)(H,56,61)/t37-,39-,40-,42+,43+/m0/s1. The number of alkyl carbamates (subject to hydrolysis) is 2. The Morgan fingerprint density at radius 3 is 1.69 bits per heavy atom. The maximum Gasteiger partial charge on any atom is 0.407 e.